The Balaban J connectivity index is 1.31. The van der Waals surface area contributed by atoms with Crippen molar-refractivity contribution in [1.29, 1.82) is 0 Å². The molecule has 4 rings (SSSR count). The molecule has 1 aliphatic carbocycles. The van der Waals surface area contributed by atoms with Crippen molar-refractivity contribution in [3.8, 4) is 11.1 Å². The molecular weight excluding hydrogens is 440 g/mol. The number of aliphatic hydroxyl groups is 1. The van der Waals surface area contributed by atoms with E-state index in [4.69, 9.17) is 14.6 Å². The molecule has 9 nitrogen and oxygen atoms in total. The molecule has 2 aromatic carbocycles. The van der Waals surface area contributed by atoms with Gasteiger partial charge in [-0.1, -0.05) is 48.5 Å². The van der Waals surface area contributed by atoms with E-state index in [0.29, 0.717) is 13.0 Å². The average molecular weight is 469 g/mol. The Bertz CT molecular complexity index is 1030. The normalized spacial score (nSPS) is 20.6. The maximum atomic E-state index is 12.5. The summed E-state index contributed by atoms with van der Waals surface area (Å²) in [6, 6.07) is 14.7. The summed E-state index contributed by atoms with van der Waals surface area (Å²) in [5, 5.41) is 23.7. The van der Waals surface area contributed by atoms with E-state index in [0.717, 1.165) is 22.3 Å². The maximum absolute atomic E-state index is 12.5. The fourth-order valence-electron chi connectivity index (χ4n) is 4.62. The Morgan fingerprint density at radius 2 is 1.71 bits per heavy atom. The van der Waals surface area contributed by atoms with E-state index in [1.165, 1.54) is 6.92 Å². The first-order valence-electron chi connectivity index (χ1n) is 11.3. The number of carboxylic acid groups (broad SMARTS) is 1. The van der Waals surface area contributed by atoms with E-state index in [-0.39, 0.29) is 25.0 Å². The molecule has 4 atom stereocenters. The summed E-state index contributed by atoms with van der Waals surface area (Å²) in [6.07, 6.45) is -2.26. The number of amides is 2. The van der Waals surface area contributed by atoms with Crippen molar-refractivity contribution in [1.82, 2.24) is 10.6 Å². The molecule has 1 heterocycles. The van der Waals surface area contributed by atoms with E-state index < -0.39 is 36.2 Å². The molecule has 0 unspecified atom stereocenters. The second kappa shape index (κ2) is 10.2. The predicted molar refractivity (Wildman–Crippen MR) is 122 cm³/mol. The van der Waals surface area contributed by atoms with Crippen molar-refractivity contribution in [2.24, 2.45) is 5.92 Å². The van der Waals surface area contributed by atoms with Gasteiger partial charge in [-0.15, -0.1) is 0 Å². The lowest BCUT2D eigenvalue weighted by molar-refractivity contribution is -0.147. The molecule has 2 amide bonds. The molecule has 0 aromatic heterocycles. The van der Waals surface area contributed by atoms with Crippen molar-refractivity contribution in [2.75, 3.05) is 19.8 Å². The van der Waals surface area contributed by atoms with Crippen LogP contribution in [0.5, 0.6) is 0 Å². The number of alkyl carbamates (subject to hydrolysis) is 1. The minimum atomic E-state index is -1.44. The topological polar surface area (TPSA) is 134 Å². The van der Waals surface area contributed by atoms with Crippen LogP contribution in [0.1, 0.15) is 30.4 Å². The van der Waals surface area contributed by atoms with Gasteiger partial charge < -0.3 is 30.3 Å². The summed E-state index contributed by atoms with van der Waals surface area (Å²) in [6.45, 7) is 1.91. The highest BCUT2D eigenvalue weighted by atomic mass is 16.5. The van der Waals surface area contributed by atoms with Gasteiger partial charge in [-0.3, -0.25) is 4.79 Å². The molecule has 2 aliphatic rings. The first-order chi connectivity index (χ1) is 16.4. The van der Waals surface area contributed by atoms with Crippen molar-refractivity contribution in [3.05, 3.63) is 59.7 Å². The third-order valence-electron chi connectivity index (χ3n) is 6.37. The van der Waals surface area contributed by atoms with Crippen LogP contribution in [0.15, 0.2) is 48.5 Å². The van der Waals surface area contributed by atoms with E-state index in [1.807, 2.05) is 36.4 Å². The molecule has 0 saturated carbocycles. The number of hydrogen-bond acceptors (Lipinski definition) is 6. The number of fused-ring (bicyclic) bond motifs is 3. The maximum Gasteiger partial charge on any atom is 0.407 e. The average Bonchev–Trinajstić information content (AvgIpc) is 3.42. The van der Waals surface area contributed by atoms with Crippen molar-refractivity contribution >= 4 is 18.0 Å². The van der Waals surface area contributed by atoms with Crippen molar-refractivity contribution < 1.29 is 34.1 Å². The molecule has 9 heteroatoms. The summed E-state index contributed by atoms with van der Waals surface area (Å²) in [5.74, 6) is -2.37. The van der Waals surface area contributed by atoms with Gasteiger partial charge in [-0.05, 0) is 35.6 Å². The number of carbonyl (C=O) groups is 3. The zero-order chi connectivity index (χ0) is 24.2. The summed E-state index contributed by atoms with van der Waals surface area (Å²) < 4.78 is 11.0. The number of carbonyl (C=O) groups excluding carboxylic acids is 2. The molecule has 2 aromatic rings. The van der Waals surface area contributed by atoms with Gasteiger partial charge in [-0.2, -0.15) is 0 Å². The van der Waals surface area contributed by atoms with Gasteiger partial charge in [-0.25, -0.2) is 9.59 Å². The van der Waals surface area contributed by atoms with Crippen LogP contribution in [-0.2, 0) is 19.1 Å². The first-order valence-corrected chi connectivity index (χ1v) is 11.3. The summed E-state index contributed by atoms with van der Waals surface area (Å²) in [4.78, 5) is 36.2. The quantitative estimate of drug-likeness (QED) is 0.465. The first kappa shape index (κ1) is 23.7. The van der Waals surface area contributed by atoms with Gasteiger partial charge in [0.15, 0.2) is 6.04 Å². The highest BCUT2D eigenvalue weighted by Gasteiger charge is 2.37. The second-order valence-corrected chi connectivity index (χ2v) is 8.61. The fraction of sp³-hybridized carbons (Fsp3) is 0.400. The Hall–Kier alpha value is -3.43. The number of aliphatic carboxylic acids is 1. The predicted octanol–water partition coefficient (Wildman–Crippen LogP) is 1.88. The van der Waals surface area contributed by atoms with Crippen LogP contribution in [-0.4, -0.2) is 66.2 Å². The van der Waals surface area contributed by atoms with Crippen LogP contribution in [0.4, 0.5) is 4.79 Å². The Morgan fingerprint density at radius 1 is 1.09 bits per heavy atom. The van der Waals surface area contributed by atoms with Gasteiger partial charge in [0.25, 0.3) is 0 Å². The zero-order valence-electron chi connectivity index (χ0n) is 18.8. The lowest BCUT2D eigenvalue weighted by Crippen LogP contribution is -2.52. The number of carboxylic acids is 1. The smallest absolute Gasteiger partial charge is 0.407 e. The minimum absolute atomic E-state index is 0.0556. The van der Waals surface area contributed by atoms with Crippen LogP contribution in [0.2, 0.25) is 0 Å². The van der Waals surface area contributed by atoms with Crippen LogP contribution in [0.25, 0.3) is 11.1 Å². The summed E-state index contributed by atoms with van der Waals surface area (Å²) in [5.41, 5.74) is 4.51. The van der Waals surface area contributed by atoms with Gasteiger partial charge in [0, 0.05) is 25.0 Å². The van der Waals surface area contributed by atoms with Gasteiger partial charge >= 0.3 is 12.1 Å². The molecular formula is C25H28N2O7. The standard InChI is InChI=1S/C25H28N2O7/c1-14(28)21(24(30)31)27-23(29)22-15(10-11-33-22)12-26-25(32)34-13-20-18-8-4-2-6-16(18)17-7-3-5-9-19(17)20/h2-9,14-15,20-22,28H,10-13H2,1H3,(H,26,32)(H,27,29)(H,30,31)/t14-,15-,21+,22-/m1/s1. The number of benzene rings is 2. The summed E-state index contributed by atoms with van der Waals surface area (Å²) >= 11 is 0. The molecule has 1 aliphatic heterocycles. The molecule has 1 saturated heterocycles. The molecule has 180 valence electrons. The SMILES string of the molecule is C[C@@H](O)[C@H](NC(=O)[C@@H]1OCC[C@@H]1CNC(=O)OCC1c2ccccc2-c2ccccc21)C(=O)O. The Labute approximate surface area is 197 Å². The van der Waals surface area contributed by atoms with Crippen LogP contribution < -0.4 is 10.6 Å². The number of ether oxygens (including phenoxy) is 2. The number of hydrogen-bond donors (Lipinski definition) is 4. The number of rotatable bonds is 8. The number of nitrogens with one attached hydrogen (secondary N) is 2. The highest BCUT2D eigenvalue weighted by Crippen LogP contribution is 2.44. The lowest BCUT2D eigenvalue weighted by atomic mass is 9.98. The third kappa shape index (κ3) is 4.90. The molecule has 0 bridgehead atoms. The summed E-state index contributed by atoms with van der Waals surface area (Å²) in [7, 11) is 0. The molecule has 0 radical (unpaired) electrons. The highest BCUT2D eigenvalue weighted by molar-refractivity contribution is 5.87. The molecule has 34 heavy (non-hydrogen) atoms. The van der Waals surface area contributed by atoms with Crippen molar-refractivity contribution in [2.45, 2.75) is 37.5 Å². The minimum Gasteiger partial charge on any atom is -0.480 e. The van der Waals surface area contributed by atoms with E-state index in [1.54, 1.807) is 0 Å². The van der Waals surface area contributed by atoms with Gasteiger partial charge in [0.05, 0.1) is 6.10 Å². The van der Waals surface area contributed by atoms with Crippen molar-refractivity contribution in [3.63, 3.8) is 0 Å². The van der Waals surface area contributed by atoms with E-state index in [2.05, 4.69) is 22.8 Å². The second-order valence-electron chi connectivity index (χ2n) is 8.61. The molecule has 1 fully saturated rings. The third-order valence-corrected chi connectivity index (χ3v) is 6.37. The monoisotopic (exact) mass is 468 g/mol. The Kier molecular flexibility index (Phi) is 7.14. The van der Waals surface area contributed by atoms with E-state index in [9.17, 15) is 19.5 Å². The lowest BCUT2D eigenvalue weighted by Gasteiger charge is -2.22. The Morgan fingerprint density at radius 3 is 2.29 bits per heavy atom. The van der Waals surface area contributed by atoms with Gasteiger partial charge in [0.1, 0.15) is 12.7 Å². The van der Waals surface area contributed by atoms with Gasteiger partial charge in [0.2, 0.25) is 5.91 Å². The number of aliphatic hydroxyl groups excluding tert-OH is 1. The largest absolute Gasteiger partial charge is 0.480 e. The zero-order valence-corrected chi connectivity index (χ0v) is 18.8. The van der Waals surface area contributed by atoms with E-state index >= 15 is 0 Å². The fourth-order valence-corrected chi connectivity index (χ4v) is 4.62. The molecule has 0 spiro atoms. The van der Waals surface area contributed by atoms with Crippen LogP contribution >= 0.6 is 0 Å². The molecule has 4 N–H and O–H groups in total. The van der Waals surface area contributed by atoms with Crippen LogP contribution in [0, 0.1) is 5.92 Å². The van der Waals surface area contributed by atoms with Crippen LogP contribution in [0.3, 0.4) is 0 Å².